The second-order valence-electron chi connectivity index (χ2n) is 7.95. The minimum Gasteiger partial charge on any atom is -0.431 e. The highest BCUT2D eigenvalue weighted by Crippen LogP contribution is 2.41. The lowest BCUT2D eigenvalue weighted by Gasteiger charge is -2.37. The predicted molar refractivity (Wildman–Crippen MR) is 99.4 cm³/mol. The zero-order valence-corrected chi connectivity index (χ0v) is 16.3. The van der Waals surface area contributed by atoms with Crippen molar-refractivity contribution in [1.29, 1.82) is 0 Å². The van der Waals surface area contributed by atoms with Gasteiger partial charge in [0.15, 0.2) is 0 Å². The van der Waals surface area contributed by atoms with Gasteiger partial charge in [0.2, 0.25) is 6.79 Å². The summed E-state index contributed by atoms with van der Waals surface area (Å²) in [7, 11) is 0. The molecule has 5 nitrogen and oxygen atoms in total. The molecule has 0 N–H and O–H groups in total. The summed E-state index contributed by atoms with van der Waals surface area (Å²) in [6.45, 7) is 6.85. The number of carbonyl (C=O) groups is 2. The Hall–Kier alpha value is -1.52. The van der Waals surface area contributed by atoms with Gasteiger partial charge in [-0.05, 0) is 63.2 Å². The van der Waals surface area contributed by atoms with Crippen molar-refractivity contribution in [3.63, 3.8) is 0 Å². The minimum absolute atomic E-state index is 0.0768. The first-order valence-electron chi connectivity index (χ1n) is 10.2. The summed E-state index contributed by atoms with van der Waals surface area (Å²) >= 11 is 0. The Kier molecular flexibility index (Phi) is 8.46. The van der Waals surface area contributed by atoms with Gasteiger partial charge in [-0.2, -0.15) is 0 Å². The van der Waals surface area contributed by atoms with E-state index in [-0.39, 0.29) is 11.7 Å². The molecule has 0 saturated heterocycles. The second-order valence-corrected chi connectivity index (χ2v) is 7.95. The van der Waals surface area contributed by atoms with Crippen LogP contribution in [-0.2, 0) is 19.0 Å². The largest absolute Gasteiger partial charge is 0.511 e. The summed E-state index contributed by atoms with van der Waals surface area (Å²) in [5.74, 6) is 2.01. The molecule has 0 radical (unpaired) electrons. The lowest BCUT2D eigenvalue weighted by Crippen LogP contribution is -2.30. The third-order valence-corrected chi connectivity index (χ3v) is 5.95. The molecule has 148 valence electrons. The van der Waals surface area contributed by atoms with Crippen LogP contribution in [0.25, 0.3) is 0 Å². The third kappa shape index (κ3) is 6.65. The van der Waals surface area contributed by atoms with Crippen molar-refractivity contribution in [2.45, 2.75) is 84.2 Å². The summed E-state index contributed by atoms with van der Waals surface area (Å²) in [5.41, 5.74) is 0.268. The average molecular weight is 366 g/mol. The SMILES string of the molecule is C=C(C)C(=O)OCOC(=O)OC1CCC(C2CCC(CCC)CC2)CC1. The molecule has 2 saturated carbocycles. The number of ether oxygens (including phenoxy) is 3. The van der Waals surface area contributed by atoms with Crippen LogP contribution in [-0.4, -0.2) is 25.0 Å². The van der Waals surface area contributed by atoms with Crippen molar-refractivity contribution in [3.8, 4) is 0 Å². The van der Waals surface area contributed by atoms with Crippen LogP contribution in [0.4, 0.5) is 4.79 Å². The van der Waals surface area contributed by atoms with Gasteiger partial charge in [0.1, 0.15) is 6.10 Å². The van der Waals surface area contributed by atoms with Crippen molar-refractivity contribution in [1.82, 2.24) is 0 Å². The number of esters is 1. The van der Waals surface area contributed by atoms with Crippen molar-refractivity contribution >= 4 is 12.1 Å². The highest BCUT2D eigenvalue weighted by atomic mass is 16.8. The highest BCUT2D eigenvalue weighted by molar-refractivity contribution is 5.86. The van der Waals surface area contributed by atoms with E-state index in [0.29, 0.717) is 0 Å². The Labute approximate surface area is 157 Å². The van der Waals surface area contributed by atoms with E-state index in [9.17, 15) is 9.59 Å². The molecule has 26 heavy (non-hydrogen) atoms. The average Bonchev–Trinajstić information content (AvgIpc) is 2.63. The topological polar surface area (TPSA) is 61.8 Å². The monoisotopic (exact) mass is 366 g/mol. The van der Waals surface area contributed by atoms with Gasteiger partial charge >= 0.3 is 12.1 Å². The zero-order chi connectivity index (χ0) is 18.9. The molecule has 0 aromatic carbocycles. The third-order valence-electron chi connectivity index (χ3n) is 5.95. The standard InChI is InChI=1S/C21H34O5/c1-4-5-16-6-8-17(9-7-16)18-10-12-19(13-11-18)26-21(23)25-14-24-20(22)15(2)3/h16-19H,2,4-14H2,1,3H3. The van der Waals surface area contributed by atoms with Crippen LogP contribution in [0.1, 0.15) is 78.1 Å². The molecule has 2 aliphatic carbocycles. The van der Waals surface area contributed by atoms with Gasteiger partial charge in [0.05, 0.1) is 0 Å². The van der Waals surface area contributed by atoms with Crippen molar-refractivity contribution in [3.05, 3.63) is 12.2 Å². The van der Waals surface area contributed by atoms with Gasteiger partial charge in [-0.1, -0.05) is 39.2 Å². The smallest absolute Gasteiger partial charge is 0.431 e. The van der Waals surface area contributed by atoms with E-state index < -0.39 is 18.9 Å². The zero-order valence-electron chi connectivity index (χ0n) is 16.3. The van der Waals surface area contributed by atoms with Gasteiger partial charge in [-0.15, -0.1) is 0 Å². The highest BCUT2D eigenvalue weighted by Gasteiger charge is 2.32. The maximum Gasteiger partial charge on any atom is 0.511 e. The summed E-state index contributed by atoms with van der Waals surface area (Å²) < 4.78 is 14.9. The van der Waals surface area contributed by atoms with Crippen LogP contribution in [0.2, 0.25) is 0 Å². The lowest BCUT2D eigenvalue weighted by atomic mass is 9.70. The quantitative estimate of drug-likeness (QED) is 0.344. The van der Waals surface area contributed by atoms with E-state index in [1.165, 1.54) is 45.4 Å². The fourth-order valence-corrected chi connectivity index (χ4v) is 4.46. The van der Waals surface area contributed by atoms with Crippen LogP contribution >= 0.6 is 0 Å². The Morgan fingerprint density at radius 3 is 2.04 bits per heavy atom. The van der Waals surface area contributed by atoms with E-state index >= 15 is 0 Å². The molecule has 2 rings (SSSR count). The number of hydrogen-bond acceptors (Lipinski definition) is 5. The van der Waals surface area contributed by atoms with Gasteiger partial charge < -0.3 is 14.2 Å². The molecule has 0 aromatic heterocycles. The van der Waals surface area contributed by atoms with Gasteiger partial charge in [-0.25, -0.2) is 9.59 Å². The minimum atomic E-state index is -0.761. The summed E-state index contributed by atoms with van der Waals surface area (Å²) in [4.78, 5) is 22.9. The fraction of sp³-hybridized carbons (Fsp3) is 0.810. The molecule has 0 spiro atoms. The first kappa shape index (κ1) is 20.8. The summed E-state index contributed by atoms with van der Waals surface area (Å²) in [6, 6.07) is 0. The first-order chi connectivity index (χ1) is 12.5. The van der Waals surface area contributed by atoms with E-state index in [0.717, 1.165) is 43.4 Å². The van der Waals surface area contributed by atoms with Crippen molar-refractivity contribution < 1.29 is 23.8 Å². The Balaban J connectivity index is 1.60. The van der Waals surface area contributed by atoms with Crippen LogP contribution in [0.3, 0.4) is 0 Å². The lowest BCUT2D eigenvalue weighted by molar-refractivity contribution is -0.149. The van der Waals surface area contributed by atoms with Crippen LogP contribution in [0.15, 0.2) is 12.2 Å². The second kappa shape index (κ2) is 10.6. The molecule has 0 heterocycles. The van der Waals surface area contributed by atoms with Crippen LogP contribution in [0, 0.1) is 17.8 Å². The maximum absolute atomic E-state index is 11.7. The Morgan fingerprint density at radius 2 is 1.50 bits per heavy atom. The Morgan fingerprint density at radius 1 is 0.923 bits per heavy atom. The number of carbonyl (C=O) groups excluding carboxylic acids is 2. The molecule has 0 aromatic rings. The first-order valence-corrected chi connectivity index (χ1v) is 10.2. The van der Waals surface area contributed by atoms with Crippen LogP contribution < -0.4 is 0 Å². The predicted octanol–water partition coefficient (Wildman–Crippen LogP) is 5.38. The number of hydrogen-bond donors (Lipinski definition) is 0. The van der Waals surface area contributed by atoms with Gasteiger partial charge in [0.25, 0.3) is 0 Å². The summed E-state index contributed by atoms with van der Waals surface area (Å²) in [5, 5.41) is 0. The Bertz CT molecular complexity index is 471. The molecule has 2 aliphatic rings. The molecule has 2 fully saturated rings. The van der Waals surface area contributed by atoms with E-state index in [1.807, 2.05) is 0 Å². The molecule has 0 unspecified atom stereocenters. The van der Waals surface area contributed by atoms with Gasteiger partial charge in [-0.3, -0.25) is 0 Å². The van der Waals surface area contributed by atoms with Crippen LogP contribution in [0.5, 0.6) is 0 Å². The molecule has 0 bridgehead atoms. The molecular weight excluding hydrogens is 332 g/mol. The fourth-order valence-electron chi connectivity index (χ4n) is 4.46. The van der Waals surface area contributed by atoms with E-state index in [2.05, 4.69) is 13.5 Å². The normalized spacial score (nSPS) is 28.8. The molecule has 0 amide bonds. The summed E-state index contributed by atoms with van der Waals surface area (Å²) in [6.07, 6.45) is 11.5. The van der Waals surface area contributed by atoms with Crippen molar-refractivity contribution in [2.75, 3.05) is 6.79 Å². The number of rotatable bonds is 7. The maximum atomic E-state index is 11.7. The van der Waals surface area contributed by atoms with E-state index in [4.69, 9.17) is 14.2 Å². The van der Waals surface area contributed by atoms with Crippen molar-refractivity contribution in [2.24, 2.45) is 17.8 Å². The van der Waals surface area contributed by atoms with E-state index in [1.54, 1.807) is 0 Å². The molecule has 0 atom stereocenters. The molecule has 5 heteroatoms. The van der Waals surface area contributed by atoms with Gasteiger partial charge in [0, 0.05) is 5.57 Å². The molecule has 0 aliphatic heterocycles. The molecular formula is C21H34O5.